The SMILES string of the molecule is CCc1nnnc(CC)c1C(C)(C)C(=O)OC. The van der Waals surface area contributed by atoms with Crippen molar-refractivity contribution in [1.29, 1.82) is 0 Å². The zero-order valence-electron chi connectivity index (χ0n) is 11.1. The molecule has 1 aromatic rings. The molecular weight excluding hydrogens is 218 g/mol. The summed E-state index contributed by atoms with van der Waals surface area (Å²) in [6.45, 7) is 7.63. The van der Waals surface area contributed by atoms with E-state index in [9.17, 15) is 4.79 Å². The smallest absolute Gasteiger partial charge is 0.315 e. The molecule has 0 radical (unpaired) electrons. The number of hydrogen-bond donors (Lipinski definition) is 0. The van der Waals surface area contributed by atoms with Crippen LogP contribution in [-0.4, -0.2) is 28.5 Å². The summed E-state index contributed by atoms with van der Waals surface area (Å²) >= 11 is 0. The fourth-order valence-corrected chi connectivity index (χ4v) is 1.97. The summed E-state index contributed by atoms with van der Waals surface area (Å²) in [6, 6.07) is 0. The zero-order valence-corrected chi connectivity index (χ0v) is 11.1. The van der Waals surface area contributed by atoms with Gasteiger partial charge in [-0.3, -0.25) is 4.79 Å². The summed E-state index contributed by atoms with van der Waals surface area (Å²) in [4.78, 5) is 11.9. The minimum absolute atomic E-state index is 0.281. The quantitative estimate of drug-likeness (QED) is 0.741. The van der Waals surface area contributed by atoms with Gasteiger partial charge < -0.3 is 4.74 Å². The molecular formula is C12H19N3O2. The van der Waals surface area contributed by atoms with Crippen LogP contribution in [0.2, 0.25) is 0 Å². The lowest BCUT2D eigenvalue weighted by atomic mass is 9.81. The Bertz CT molecular complexity index is 394. The molecule has 94 valence electrons. The monoisotopic (exact) mass is 237 g/mol. The number of rotatable bonds is 4. The maximum absolute atomic E-state index is 11.9. The molecule has 0 atom stereocenters. The Balaban J connectivity index is 3.41. The zero-order chi connectivity index (χ0) is 13.1. The molecule has 0 N–H and O–H groups in total. The van der Waals surface area contributed by atoms with Crippen LogP contribution >= 0.6 is 0 Å². The Labute approximate surface area is 102 Å². The summed E-state index contributed by atoms with van der Waals surface area (Å²) in [5.41, 5.74) is 1.73. The summed E-state index contributed by atoms with van der Waals surface area (Å²) in [7, 11) is 1.39. The van der Waals surface area contributed by atoms with Gasteiger partial charge in [0, 0.05) is 5.56 Å². The van der Waals surface area contributed by atoms with Gasteiger partial charge in [0.15, 0.2) is 0 Å². The van der Waals surface area contributed by atoms with Crippen LogP contribution < -0.4 is 0 Å². The van der Waals surface area contributed by atoms with E-state index in [4.69, 9.17) is 4.74 Å². The van der Waals surface area contributed by atoms with Gasteiger partial charge >= 0.3 is 5.97 Å². The first-order valence-electron chi connectivity index (χ1n) is 5.79. The van der Waals surface area contributed by atoms with Gasteiger partial charge in [-0.15, -0.1) is 10.2 Å². The lowest BCUT2D eigenvalue weighted by molar-refractivity contribution is -0.146. The molecule has 0 saturated carbocycles. The molecule has 17 heavy (non-hydrogen) atoms. The summed E-state index contributed by atoms with van der Waals surface area (Å²) in [5, 5.41) is 11.8. The number of esters is 1. The molecule has 0 aliphatic rings. The maximum Gasteiger partial charge on any atom is 0.315 e. The van der Waals surface area contributed by atoms with Crippen molar-refractivity contribution in [3.63, 3.8) is 0 Å². The van der Waals surface area contributed by atoms with Crippen molar-refractivity contribution in [2.75, 3.05) is 7.11 Å². The minimum Gasteiger partial charge on any atom is -0.468 e. The van der Waals surface area contributed by atoms with Crippen LogP contribution in [0.15, 0.2) is 0 Å². The number of nitrogens with zero attached hydrogens (tertiary/aromatic N) is 3. The molecule has 0 fully saturated rings. The fourth-order valence-electron chi connectivity index (χ4n) is 1.97. The first-order chi connectivity index (χ1) is 7.98. The van der Waals surface area contributed by atoms with Crippen LogP contribution in [0.3, 0.4) is 0 Å². The third-order valence-electron chi connectivity index (χ3n) is 2.90. The minimum atomic E-state index is -0.742. The van der Waals surface area contributed by atoms with Crippen molar-refractivity contribution >= 4 is 5.97 Å². The molecule has 0 unspecified atom stereocenters. The molecule has 0 aromatic carbocycles. The van der Waals surface area contributed by atoms with Gasteiger partial charge in [-0.25, -0.2) is 0 Å². The fraction of sp³-hybridized carbons (Fsp3) is 0.667. The standard InChI is InChI=1S/C12H19N3O2/c1-6-8-10(9(7-2)14-15-13-8)12(3,4)11(16)17-5/h6-7H2,1-5H3. The van der Waals surface area contributed by atoms with Crippen LogP contribution in [0.25, 0.3) is 0 Å². The molecule has 0 saturated heterocycles. The number of aryl methyl sites for hydroxylation is 2. The van der Waals surface area contributed by atoms with Crippen molar-refractivity contribution < 1.29 is 9.53 Å². The largest absolute Gasteiger partial charge is 0.468 e. The molecule has 0 bridgehead atoms. The van der Waals surface area contributed by atoms with E-state index in [1.54, 1.807) is 0 Å². The number of carbonyl (C=O) groups is 1. The average Bonchev–Trinajstić information content (AvgIpc) is 2.36. The lowest BCUT2D eigenvalue weighted by Crippen LogP contribution is -2.33. The third kappa shape index (κ3) is 2.43. The third-order valence-corrected chi connectivity index (χ3v) is 2.90. The highest BCUT2D eigenvalue weighted by Crippen LogP contribution is 2.29. The molecule has 0 aliphatic heterocycles. The highest BCUT2D eigenvalue weighted by Gasteiger charge is 2.36. The van der Waals surface area contributed by atoms with Crippen molar-refractivity contribution in [1.82, 2.24) is 15.4 Å². The van der Waals surface area contributed by atoms with Gasteiger partial charge in [0.2, 0.25) is 0 Å². The van der Waals surface area contributed by atoms with Crippen LogP contribution in [-0.2, 0) is 27.8 Å². The average molecular weight is 237 g/mol. The number of hydrogen-bond acceptors (Lipinski definition) is 5. The Hall–Kier alpha value is -1.52. The van der Waals surface area contributed by atoms with E-state index in [1.807, 2.05) is 27.7 Å². The molecule has 1 rings (SSSR count). The normalized spacial score (nSPS) is 11.4. The number of methoxy groups -OCH3 is 1. The van der Waals surface area contributed by atoms with Gasteiger partial charge in [-0.1, -0.05) is 13.8 Å². The van der Waals surface area contributed by atoms with Crippen molar-refractivity contribution in [3.05, 3.63) is 17.0 Å². The van der Waals surface area contributed by atoms with Gasteiger partial charge in [-0.05, 0) is 31.9 Å². The highest BCUT2D eigenvalue weighted by atomic mass is 16.5. The van der Waals surface area contributed by atoms with Crippen LogP contribution in [0.5, 0.6) is 0 Å². The maximum atomic E-state index is 11.9. The Morgan fingerprint density at radius 1 is 1.18 bits per heavy atom. The van der Waals surface area contributed by atoms with E-state index in [-0.39, 0.29) is 5.97 Å². The summed E-state index contributed by atoms with van der Waals surface area (Å²) < 4.78 is 4.85. The van der Waals surface area contributed by atoms with E-state index in [2.05, 4.69) is 15.4 Å². The van der Waals surface area contributed by atoms with Crippen LogP contribution in [0, 0.1) is 0 Å². The summed E-state index contributed by atoms with van der Waals surface area (Å²) in [5.74, 6) is -0.281. The topological polar surface area (TPSA) is 65.0 Å². The molecule has 0 amide bonds. The summed E-state index contributed by atoms with van der Waals surface area (Å²) in [6.07, 6.45) is 1.44. The molecule has 1 heterocycles. The van der Waals surface area contributed by atoms with Crippen LogP contribution in [0.4, 0.5) is 0 Å². The van der Waals surface area contributed by atoms with Crippen molar-refractivity contribution in [3.8, 4) is 0 Å². The molecule has 0 spiro atoms. The predicted molar refractivity (Wildman–Crippen MR) is 63.6 cm³/mol. The lowest BCUT2D eigenvalue weighted by Gasteiger charge is -2.25. The molecule has 1 aromatic heterocycles. The molecule has 5 heteroatoms. The first kappa shape index (κ1) is 13.5. The van der Waals surface area contributed by atoms with E-state index in [0.29, 0.717) is 0 Å². The van der Waals surface area contributed by atoms with Crippen molar-refractivity contribution in [2.45, 2.75) is 46.0 Å². The molecule has 0 aliphatic carbocycles. The van der Waals surface area contributed by atoms with Gasteiger partial charge in [0.1, 0.15) is 0 Å². The van der Waals surface area contributed by atoms with Crippen molar-refractivity contribution in [2.24, 2.45) is 0 Å². The molecule has 5 nitrogen and oxygen atoms in total. The Kier molecular flexibility index (Phi) is 4.15. The van der Waals surface area contributed by atoms with E-state index >= 15 is 0 Å². The Morgan fingerprint density at radius 2 is 1.65 bits per heavy atom. The second-order valence-electron chi connectivity index (χ2n) is 4.38. The Morgan fingerprint density at radius 3 is 2.00 bits per heavy atom. The highest BCUT2D eigenvalue weighted by molar-refractivity contribution is 5.82. The number of aromatic nitrogens is 3. The number of carbonyl (C=O) groups excluding carboxylic acids is 1. The first-order valence-corrected chi connectivity index (χ1v) is 5.79. The van der Waals surface area contributed by atoms with Gasteiger partial charge in [-0.2, -0.15) is 0 Å². The number of ether oxygens (including phenoxy) is 1. The van der Waals surface area contributed by atoms with Crippen LogP contribution in [0.1, 0.15) is 44.6 Å². The van der Waals surface area contributed by atoms with E-state index in [0.717, 1.165) is 29.8 Å². The predicted octanol–water partition coefficient (Wildman–Crippen LogP) is 1.45. The van der Waals surface area contributed by atoms with E-state index in [1.165, 1.54) is 7.11 Å². The van der Waals surface area contributed by atoms with Gasteiger partial charge in [0.25, 0.3) is 0 Å². The second kappa shape index (κ2) is 5.21. The van der Waals surface area contributed by atoms with Gasteiger partial charge in [0.05, 0.1) is 23.9 Å². The van der Waals surface area contributed by atoms with E-state index < -0.39 is 5.41 Å². The second-order valence-corrected chi connectivity index (χ2v) is 4.38.